The van der Waals surface area contributed by atoms with Crippen molar-refractivity contribution in [1.29, 1.82) is 0 Å². The second-order valence-corrected chi connectivity index (χ2v) is 4.59. The summed E-state index contributed by atoms with van der Waals surface area (Å²) >= 11 is 0. The zero-order chi connectivity index (χ0) is 13.1. The number of hydrogen-bond donors (Lipinski definition) is 0. The highest BCUT2D eigenvalue weighted by molar-refractivity contribution is 6.01. The fraction of sp³-hybridized carbons (Fsp3) is 0.118. The highest BCUT2D eigenvalue weighted by Gasteiger charge is 2.14. The van der Waals surface area contributed by atoms with Gasteiger partial charge >= 0.3 is 0 Å². The molecule has 0 spiro atoms. The molecule has 0 saturated heterocycles. The van der Waals surface area contributed by atoms with Gasteiger partial charge in [-0.05, 0) is 30.2 Å². The van der Waals surface area contributed by atoms with Crippen LogP contribution in [0.3, 0.4) is 0 Å². The molecule has 0 N–H and O–H groups in total. The summed E-state index contributed by atoms with van der Waals surface area (Å²) in [6, 6.07) is 20.8. The Morgan fingerprint density at radius 2 is 1.53 bits per heavy atom. The molecule has 0 radical (unpaired) electrons. The van der Waals surface area contributed by atoms with Gasteiger partial charge in [0.25, 0.3) is 0 Å². The summed E-state index contributed by atoms with van der Waals surface area (Å²) in [5.41, 5.74) is 3.63. The van der Waals surface area contributed by atoms with E-state index in [4.69, 9.17) is 0 Å². The quantitative estimate of drug-likeness (QED) is 0.785. The zero-order valence-electron chi connectivity index (χ0n) is 11.0. The molecule has 0 fully saturated rings. The Morgan fingerprint density at radius 3 is 2.21 bits per heavy atom. The standard InChI is InChI=1S/C17H16N2/c1-14-18-12-16(15-8-4-2-5-9-15)13-19(14)17-10-6-3-7-11-17/h2-11,13H,12H2,1H3. The second kappa shape index (κ2) is 5.11. The Labute approximate surface area is 113 Å². The van der Waals surface area contributed by atoms with Gasteiger partial charge in [-0.15, -0.1) is 0 Å². The first-order valence-corrected chi connectivity index (χ1v) is 6.46. The Bertz CT molecular complexity index is 612. The molecule has 0 unspecified atom stereocenters. The topological polar surface area (TPSA) is 15.6 Å². The van der Waals surface area contributed by atoms with Gasteiger partial charge in [-0.1, -0.05) is 48.5 Å². The van der Waals surface area contributed by atoms with Crippen molar-refractivity contribution >= 4 is 17.1 Å². The number of para-hydroxylation sites is 1. The third kappa shape index (κ3) is 2.43. The third-order valence-corrected chi connectivity index (χ3v) is 3.29. The minimum atomic E-state index is 0.749. The Kier molecular flexibility index (Phi) is 3.15. The fourth-order valence-corrected chi connectivity index (χ4v) is 2.23. The molecule has 2 aromatic rings. The van der Waals surface area contributed by atoms with Crippen molar-refractivity contribution in [2.45, 2.75) is 6.92 Å². The number of aliphatic imine (C=N–C) groups is 1. The molecule has 0 aromatic heterocycles. The van der Waals surface area contributed by atoms with E-state index < -0.39 is 0 Å². The number of nitrogens with zero attached hydrogens (tertiary/aromatic N) is 2. The number of hydrogen-bond acceptors (Lipinski definition) is 2. The van der Waals surface area contributed by atoms with E-state index in [1.807, 2.05) is 31.2 Å². The molecule has 0 saturated carbocycles. The van der Waals surface area contributed by atoms with Gasteiger partial charge in [-0.3, -0.25) is 4.99 Å². The van der Waals surface area contributed by atoms with Gasteiger partial charge in [0.1, 0.15) is 5.84 Å². The van der Waals surface area contributed by atoms with E-state index in [1.165, 1.54) is 11.1 Å². The molecule has 3 rings (SSSR count). The second-order valence-electron chi connectivity index (χ2n) is 4.59. The van der Waals surface area contributed by atoms with Gasteiger partial charge in [-0.25, -0.2) is 0 Å². The summed E-state index contributed by atoms with van der Waals surface area (Å²) in [5.74, 6) is 1.03. The van der Waals surface area contributed by atoms with Gasteiger partial charge < -0.3 is 4.90 Å². The van der Waals surface area contributed by atoms with Gasteiger partial charge in [0.05, 0.1) is 6.54 Å². The molecule has 0 bridgehead atoms. The molecule has 0 atom stereocenters. The van der Waals surface area contributed by atoms with Crippen LogP contribution in [0.15, 0.2) is 71.9 Å². The molecule has 19 heavy (non-hydrogen) atoms. The van der Waals surface area contributed by atoms with Crippen LogP contribution in [0.5, 0.6) is 0 Å². The van der Waals surface area contributed by atoms with E-state index in [0.29, 0.717) is 0 Å². The summed E-state index contributed by atoms with van der Waals surface area (Å²) in [5, 5.41) is 0. The van der Waals surface area contributed by atoms with Crippen molar-refractivity contribution < 1.29 is 0 Å². The van der Waals surface area contributed by atoms with Gasteiger partial charge in [0.15, 0.2) is 0 Å². The molecule has 2 nitrogen and oxygen atoms in total. The first kappa shape index (κ1) is 11.7. The summed E-state index contributed by atoms with van der Waals surface area (Å²) in [6.07, 6.45) is 2.19. The minimum Gasteiger partial charge on any atom is -0.305 e. The lowest BCUT2D eigenvalue weighted by atomic mass is 10.1. The molecule has 0 aliphatic carbocycles. The maximum atomic E-state index is 4.62. The lowest BCUT2D eigenvalue weighted by Gasteiger charge is -2.25. The van der Waals surface area contributed by atoms with E-state index in [2.05, 4.69) is 52.5 Å². The number of amidine groups is 1. The van der Waals surface area contributed by atoms with Crippen molar-refractivity contribution in [3.05, 3.63) is 72.4 Å². The largest absolute Gasteiger partial charge is 0.305 e. The lowest BCUT2D eigenvalue weighted by Crippen LogP contribution is -2.26. The molecule has 2 aromatic carbocycles. The van der Waals surface area contributed by atoms with E-state index in [-0.39, 0.29) is 0 Å². The van der Waals surface area contributed by atoms with E-state index in [1.54, 1.807) is 0 Å². The highest BCUT2D eigenvalue weighted by Crippen LogP contribution is 2.23. The van der Waals surface area contributed by atoms with Crippen molar-refractivity contribution in [2.75, 3.05) is 11.4 Å². The van der Waals surface area contributed by atoms with Crippen LogP contribution in [0.2, 0.25) is 0 Å². The normalized spacial score (nSPS) is 14.9. The van der Waals surface area contributed by atoms with Crippen LogP contribution < -0.4 is 4.90 Å². The van der Waals surface area contributed by atoms with Crippen LogP contribution in [0, 0.1) is 0 Å². The smallest absolute Gasteiger partial charge is 0.105 e. The van der Waals surface area contributed by atoms with Crippen LogP contribution in [-0.4, -0.2) is 12.4 Å². The number of anilines is 1. The summed E-state index contributed by atoms with van der Waals surface area (Å²) in [4.78, 5) is 6.76. The Hall–Kier alpha value is -2.35. The van der Waals surface area contributed by atoms with E-state index >= 15 is 0 Å². The molecule has 0 amide bonds. The first-order chi connectivity index (χ1) is 9.34. The molecule has 1 aliphatic rings. The maximum absolute atomic E-state index is 4.62. The SMILES string of the molecule is CC1=NCC(c2ccccc2)=CN1c1ccccc1. The first-order valence-electron chi connectivity index (χ1n) is 6.46. The maximum Gasteiger partial charge on any atom is 0.105 e. The van der Waals surface area contributed by atoms with Crippen molar-refractivity contribution in [1.82, 2.24) is 0 Å². The van der Waals surface area contributed by atoms with Gasteiger partial charge in [-0.2, -0.15) is 0 Å². The molecule has 1 heterocycles. The summed E-state index contributed by atoms with van der Waals surface area (Å²) in [6.45, 7) is 2.80. The Morgan fingerprint density at radius 1 is 0.895 bits per heavy atom. The molecule has 94 valence electrons. The van der Waals surface area contributed by atoms with Crippen molar-refractivity contribution in [3.8, 4) is 0 Å². The average Bonchev–Trinajstić information content (AvgIpc) is 2.49. The number of rotatable bonds is 2. The molecule has 1 aliphatic heterocycles. The van der Waals surface area contributed by atoms with Crippen LogP contribution in [0.25, 0.3) is 5.57 Å². The van der Waals surface area contributed by atoms with Crippen molar-refractivity contribution in [2.24, 2.45) is 4.99 Å². The molecular weight excluding hydrogens is 232 g/mol. The van der Waals surface area contributed by atoms with Crippen LogP contribution >= 0.6 is 0 Å². The van der Waals surface area contributed by atoms with E-state index in [0.717, 1.165) is 18.1 Å². The highest BCUT2D eigenvalue weighted by atomic mass is 15.2. The van der Waals surface area contributed by atoms with Gasteiger partial charge in [0, 0.05) is 11.9 Å². The van der Waals surface area contributed by atoms with Crippen LogP contribution in [0.4, 0.5) is 5.69 Å². The summed E-state index contributed by atoms with van der Waals surface area (Å²) in [7, 11) is 0. The fourth-order valence-electron chi connectivity index (χ4n) is 2.23. The van der Waals surface area contributed by atoms with Crippen LogP contribution in [-0.2, 0) is 0 Å². The molecule has 2 heteroatoms. The third-order valence-electron chi connectivity index (χ3n) is 3.29. The molecular formula is C17H16N2. The monoisotopic (exact) mass is 248 g/mol. The zero-order valence-corrected chi connectivity index (χ0v) is 11.0. The Balaban J connectivity index is 1.98. The summed E-state index contributed by atoms with van der Waals surface area (Å²) < 4.78 is 0. The lowest BCUT2D eigenvalue weighted by molar-refractivity contribution is 1.15. The van der Waals surface area contributed by atoms with E-state index in [9.17, 15) is 0 Å². The van der Waals surface area contributed by atoms with Crippen molar-refractivity contribution in [3.63, 3.8) is 0 Å². The predicted molar refractivity (Wildman–Crippen MR) is 81.3 cm³/mol. The average molecular weight is 248 g/mol. The minimum absolute atomic E-state index is 0.749. The number of benzene rings is 2. The van der Waals surface area contributed by atoms with Gasteiger partial charge in [0.2, 0.25) is 0 Å². The predicted octanol–water partition coefficient (Wildman–Crippen LogP) is 3.97. The van der Waals surface area contributed by atoms with Crippen LogP contribution in [0.1, 0.15) is 12.5 Å².